The first kappa shape index (κ1) is 17.4. The Morgan fingerprint density at radius 3 is 2.72 bits per heavy atom. The third-order valence-electron chi connectivity index (χ3n) is 4.37. The number of hydrogen-bond acceptors (Lipinski definition) is 3. The van der Waals surface area contributed by atoms with Gasteiger partial charge in [-0.3, -0.25) is 4.79 Å². The quantitative estimate of drug-likeness (QED) is 0.838. The molecule has 0 spiro atoms. The number of benzene rings is 2. The molecule has 4 nitrogen and oxygen atoms in total. The van der Waals surface area contributed by atoms with Gasteiger partial charge in [-0.2, -0.15) is 0 Å². The third-order valence-corrected chi connectivity index (χ3v) is 4.70. The van der Waals surface area contributed by atoms with E-state index < -0.39 is 11.8 Å². The van der Waals surface area contributed by atoms with Gasteiger partial charge >= 0.3 is 5.97 Å². The molecule has 2 aromatic carbocycles. The fourth-order valence-corrected chi connectivity index (χ4v) is 3.34. The molecule has 0 heterocycles. The van der Waals surface area contributed by atoms with Crippen LogP contribution in [0.1, 0.15) is 50.7 Å². The standard InChI is InChI=1S/C19H17ClFNO3/c1-25-19(24)14-10-13-11(9-16(14)21)5-4-8-17(13)22-18(23)12-6-2-3-7-15(12)20/h2-3,6-7,9-10,17H,4-5,8H2,1H3,(H,22,23). The fraction of sp³-hybridized carbons (Fsp3) is 0.263. The Morgan fingerprint density at radius 2 is 2.00 bits per heavy atom. The second-order valence-electron chi connectivity index (χ2n) is 5.92. The number of hydrogen-bond donors (Lipinski definition) is 1. The van der Waals surface area contributed by atoms with Gasteiger partial charge < -0.3 is 10.1 Å². The van der Waals surface area contributed by atoms with E-state index in [0.29, 0.717) is 23.4 Å². The van der Waals surface area contributed by atoms with Crippen LogP contribution < -0.4 is 5.32 Å². The van der Waals surface area contributed by atoms with Crippen LogP contribution in [0.15, 0.2) is 36.4 Å². The maximum Gasteiger partial charge on any atom is 0.340 e. The van der Waals surface area contributed by atoms with Gasteiger partial charge in [0, 0.05) is 0 Å². The number of aryl methyl sites for hydroxylation is 1. The van der Waals surface area contributed by atoms with E-state index in [0.717, 1.165) is 17.5 Å². The minimum Gasteiger partial charge on any atom is -0.465 e. The molecule has 0 saturated carbocycles. The van der Waals surface area contributed by atoms with Gasteiger partial charge in [-0.25, -0.2) is 9.18 Å². The van der Waals surface area contributed by atoms with Crippen LogP contribution in [0.3, 0.4) is 0 Å². The van der Waals surface area contributed by atoms with Crippen molar-refractivity contribution in [3.8, 4) is 0 Å². The summed E-state index contributed by atoms with van der Waals surface area (Å²) in [6.45, 7) is 0. The Balaban J connectivity index is 1.92. The highest BCUT2D eigenvalue weighted by atomic mass is 35.5. The summed E-state index contributed by atoms with van der Waals surface area (Å²) in [4.78, 5) is 24.3. The first-order valence-corrected chi connectivity index (χ1v) is 8.35. The van der Waals surface area contributed by atoms with Crippen molar-refractivity contribution in [3.63, 3.8) is 0 Å². The predicted octanol–water partition coefficient (Wildman–Crippen LogP) is 4.07. The van der Waals surface area contributed by atoms with E-state index in [2.05, 4.69) is 10.1 Å². The van der Waals surface area contributed by atoms with E-state index >= 15 is 0 Å². The molecule has 2 aromatic rings. The molecule has 0 fully saturated rings. The van der Waals surface area contributed by atoms with Gasteiger partial charge in [0.25, 0.3) is 5.91 Å². The van der Waals surface area contributed by atoms with Crippen LogP contribution in [0, 0.1) is 5.82 Å². The normalized spacial score (nSPS) is 16.0. The van der Waals surface area contributed by atoms with E-state index in [4.69, 9.17) is 11.6 Å². The summed E-state index contributed by atoms with van der Waals surface area (Å²) in [6, 6.07) is 9.31. The third kappa shape index (κ3) is 3.51. The zero-order valence-electron chi connectivity index (χ0n) is 13.6. The molecule has 1 amide bonds. The zero-order valence-corrected chi connectivity index (χ0v) is 14.4. The number of ether oxygens (including phenoxy) is 1. The Kier molecular flexibility index (Phi) is 5.04. The van der Waals surface area contributed by atoms with Crippen molar-refractivity contribution in [1.82, 2.24) is 5.32 Å². The molecule has 0 aliphatic heterocycles. The monoisotopic (exact) mass is 361 g/mol. The molecule has 0 bridgehead atoms. The molecule has 1 unspecified atom stereocenters. The summed E-state index contributed by atoms with van der Waals surface area (Å²) in [6.07, 6.45) is 2.22. The number of rotatable bonds is 3. The highest BCUT2D eigenvalue weighted by Crippen LogP contribution is 2.32. The first-order chi connectivity index (χ1) is 12.0. The zero-order chi connectivity index (χ0) is 18.0. The van der Waals surface area contributed by atoms with Crippen molar-refractivity contribution in [2.75, 3.05) is 7.11 Å². The Bertz CT molecular complexity index is 837. The van der Waals surface area contributed by atoms with E-state index in [9.17, 15) is 14.0 Å². The lowest BCUT2D eigenvalue weighted by Crippen LogP contribution is -2.31. The Morgan fingerprint density at radius 1 is 1.24 bits per heavy atom. The average molecular weight is 362 g/mol. The summed E-state index contributed by atoms with van der Waals surface area (Å²) in [5, 5.41) is 3.30. The number of carbonyl (C=O) groups is 2. The first-order valence-electron chi connectivity index (χ1n) is 7.97. The van der Waals surface area contributed by atoms with E-state index in [1.54, 1.807) is 24.3 Å². The average Bonchev–Trinajstić information content (AvgIpc) is 2.61. The highest BCUT2D eigenvalue weighted by molar-refractivity contribution is 6.33. The van der Waals surface area contributed by atoms with Crippen LogP contribution in [0.4, 0.5) is 4.39 Å². The molecule has 0 radical (unpaired) electrons. The summed E-state index contributed by atoms with van der Waals surface area (Å²) in [7, 11) is 1.21. The number of esters is 1. The van der Waals surface area contributed by atoms with E-state index in [-0.39, 0.29) is 17.5 Å². The molecule has 25 heavy (non-hydrogen) atoms. The SMILES string of the molecule is COC(=O)c1cc2c(cc1F)CCCC2NC(=O)c1ccccc1Cl. The van der Waals surface area contributed by atoms with Crippen molar-refractivity contribution in [1.29, 1.82) is 0 Å². The Hall–Kier alpha value is -2.40. The van der Waals surface area contributed by atoms with Gasteiger partial charge in [0.15, 0.2) is 0 Å². The van der Waals surface area contributed by atoms with Crippen molar-refractivity contribution in [2.24, 2.45) is 0 Å². The van der Waals surface area contributed by atoms with Gasteiger partial charge in [0.2, 0.25) is 0 Å². The lowest BCUT2D eigenvalue weighted by Gasteiger charge is -2.27. The number of amides is 1. The summed E-state index contributed by atoms with van der Waals surface area (Å²) in [5.41, 5.74) is 1.79. The lowest BCUT2D eigenvalue weighted by molar-refractivity contribution is 0.0595. The van der Waals surface area contributed by atoms with Crippen LogP contribution >= 0.6 is 11.6 Å². The van der Waals surface area contributed by atoms with Gasteiger partial charge in [-0.15, -0.1) is 0 Å². The number of methoxy groups -OCH3 is 1. The minimum atomic E-state index is -0.734. The number of halogens is 2. The van der Waals surface area contributed by atoms with Gasteiger partial charge in [-0.1, -0.05) is 23.7 Å². The predicted molar refractivity (Wildman–Crippen MR) is 92.3 cm³/mol. The number of nitrogens with one attached hydrogen (secondary N) is 1. The molecule has 3 rings (SSSR count). The second kappa shape index (κ2) is 7.23. The van der Waals surface area contributed by atoms with E-state index in [1.165, 1.54) is 19.2 Å². The molecule has 1 aliphatic carbocycles. The van der Waals surface area contributed by atoms with Crippen LogP contribution in [-0.4, -0.2) is 19.0 Å². The molecular weight excluding hydrogens is 345 g/mol. The summed E-state index contributed by atoms with van der Waals surface area (Å²) < 4.78 is 18.7. The molecule has 0 saturated heterocycles. The molecule has 1 atom stereocenters. The molecule has 6 heteroatoms. The van der Waals surface area contributed by atoms with Crippen LogP contribution in [0.2, 0.25) is 5.02 Å². The molecule has 130 valence electrons. The number of carbonyl (C=O) groups excluding carboxylic acids is 2. The summed E-state index contributed by atoms with van der Waals surface area (Å²) in [5.74, 6) is -1.64. The Labute approximate surface area is 149 Å². The van der Waals surface area contributed by atoms with Gasteiger partial charge in [0.05, 0.1) is 29.3 Å². The van der Waals surface area contributed by atoms with Crippen LogP contribution in [-0.2, 0) is 11.2 Å². The summed E-state index contributed by atoms with van der Waals surface area (Å²) >= 11 is 6.07. The molecule has 1 aliphatic rings. The second-order valence-corrected chi connectivity index (χ2v) is 6.33. The molecule has 1 N–H and O–H groups in total. The molecule has 0 aromatic heterocycles. The maximum absolute atomic E-state index is 14.1. The van der Waals surface area contributed by atoms with Crippen LogP contribution in [0.5, 0.6) is 0 Å². The minimum absolute atomic E-state index is 0.125. The maximum atomic E-state index is 14.1. The number of fused-ring (bicyclic) bond motifs is 1. The highest BCUT2D eigenvalue weighted by Gasteiger charge is 2.26. The van der Waals surface area contributed by atoms with E-state index in [1.807, 2.05) is 0 Å². The smallest absolute Gasteiger partial charge is 0.340 e. The van der Waals surface area contributed by atoms with Crippen molar-refractivity contribution < 1.29 is 18.7 Å². The fourth-order valence-electron chi connectivity index (χ4n) is 3.12. The van der Waals surface area contributed by atoms with Gasteiger partial charge in [-0.05, 0) is 54.7 Å². The molecular formula is C19H17ClFNO3. The van der Waals surface area contributed by atoms with Crippen LogP contribution in [0.25, 0.3) is 0 Å². The topological polar surface area (TPSA) is 55.4 Å². The van der Waals surface area contributed by atoms with Crippen molar-refractivity contribution in [3.05, 3.63) is 69.5 Å². The van der Waals surface area contributed by atoms with Crippen molar-refractivity contribution in [2.45, 2.75) is 25.3 Å². The van der Waals surface area contributed by atoms with Gasteiger partial charge in [0.1, 0.15) is 5.82 Å². The lowest BCUT2D eigenvalue weighted by atomic mass is 9.86. The largest absolute Gasteiger partial charge is 0.465 e. The van der Waals surface area contributed by atoms with Crippen molar-refractivity contribution >= 4 is 23.5 Å².